The molecule has 5 N–H and O–H groups in total. The van der Waals surface area contributed by atoms with Crippen LogP contribution >= 0.6 is 0 Å². The van der Waals surface area contributed by atoms with Crippen LogP contribution in [0.1, 0.15) is 166 Å². The fourth-order valence-corrected chi connectivity index (χ4v) is 17.0. The Kier molecular flexibility index (Phi) is 8.88. The van der Waals surface area contributed by atoms with Gasteiger partial charge >= 0.3 is 0 Å². The third kappa shape index (κ3) is 6.05. The van der Waals surface area contributed by atoms with E-state index in [9.17, 15) is 9.59 Å². The van der Waals surface area contributed by atoms with Crippen LogP contribution in [0.15, 0.2) is 54.6 Å². The van der Waals surface area contributed by atoms with E-state index in [1.54, 1.807) is 0 Å². The number of benzene rings is 2. The predicted molar refractivity (Wildman–Crippen MR) is 229 cm³/mol. The molecule has 6 nitrogen and oxygen atoms in total. The van der Waals surface area contributed by atoms with E-state index in [2.05, 4.69) is 98.2 Å². The SMILES string of the molecule is CC[C@]12CC3CC(C(=O)NC4CCNCC4(C)C)(C1)C[C@@](c1ccc(C45CC6(C(=O)NC7CCC(N)CC7)C[C@](CC)(C4)C[C@@](c4ccccc4)(C6)C5)cc1)(C3)C2. The third-order valence-corrected chi connectivity index (χ3v) is 18.9. The maximum absolute atomic E-state index is 15.0. The molecular formula is C51H72N4O2. The largest absolute Gasteiger partial charge is 0.353 e. The van der Waals surface area contributed by atoms with Gasteiger partial charge in [0.1, 0.15) is 0 Å². The second-order valence-corrected chi connectivity index (χ2v) is 23.2. The molecular weight excluding hydrogens is 701 g/mol. The molecule has 9 atom stereocenters. The smallest absolute Gasteiger partial charge is 0.226 e. The summed E-state index contributed by atoms with van der Waals surface area (Å²) >= 11 is 0. The Morgan fingerprint density at radius 3 is 1.86 bits per heavy atom. The number of carbonyl (C=O) groups excluding carboxylic acids is 2. The summed E-state index contributed by atoms with van der Waals surface area (Å²) in [5.41, 5.74) is 10.5. The lowest BCUT2D eigenvalue weighted by molar-refractivity contribution is -0.170. The highest BCUT2D eigenvalue weighted by Crippen LogP contribution is 2.76. The fourth-order valence-electron chi connectivity index (χ4n) is 17.0. The minimum absolute atomic E-state index is 0.00686. The fraction of sp³-hybridized carbons (Fsp3) is 0.725. The lowest BCUT2D eigenvalue weighted by Gasteiger charge is -2.70. The van der Waals surface area contributed by atoms with Crippen molar-refractivity contribution >= 4 is 11.8 Å². The van der Waals surface area contributed by atoms with Crippen molar-refractivity contribution in [3.63, 3.8) is 0 Å². The topological polar surface area (TPSA) is 96.2 Å². The van der Waals surface area contributed by atoms with Crippen molar-refractivity contribution in [1.29, 1.82) is 0 Å². The number of piperidine rings is 1. The standard InChI is InChI=1S/C51H72N4O2/c1-5-45-22-35-23-47(25-45,30-48(24-35,26-45)42(56)55-41-20-21-53-34-44(41,3)4)37-12-14-38(15-13-37)50-28-46(6-2)27-49(31-50,36-10-8-7-9-11-36)32-51(29-46,33-50)43(57)54-40-18-16-39(52)17-19-40/h7-15,35,39-41,53H,5-6,16-34,52H2,1-4H3,(H,54,57)(H,55,56)/t35?,39?,40?,41?,45-,46+,47-,48?,49+,50?,51?/m1/s1. The molecule has 308 valence electrons. The van der Waals surface area contributed by atoms with Gasteiger partial charge in [0.25, 0.3) is 0 Å². The van der Waals surface area contributed by atoms with Crippen molar-refractivity contribution in [1.82, 2.24) is 16.0 Å². The highest BCUT2D eigenvalue weighted by Gasteiger charge is 2.71. The molecule has 12 rings (SSSR count). The summed E-state index contributed by atoms with van der Waals surface area (Å²) in [7, 11) is 0. The van der Waals surface area contributed by atoms with Crippen LogP contribution in [-0.4, -0.2) is 43.0 Å². The van der Waals surface area contributed by atoms with E-state index in [1.807, 2.05) is 0 Å². The number of hydrogen-bond acceptors (Lipinski definition) is 4. The van der Waals surface area contributed by atoms with Crippen LogP contribution in [0.5, 0.6) is 0 Å². The highest BCUT2D eigenvalue weighted by atomic mass is 16.2. The first-order valence-corrected chi connectivity index (χ1v) is 23.5. The number of amides is 2. The van der Waals surface area contributed by atoms with Gasteiger partial charge in [-0.15, -0.1) is 0 Å². The van der Waals surface area contributed by atoms with Gasteiger partial charge in [0.2, 0.25) is 11.8 Å². The quantitative estimate of drug-likeness (QED) is 0.205. The number of nitrogens with one attached hydrogen (secondary N) is 3. The second kappa shape index (κ2) is 13.1. The zero-order valence-corrected chi connectivity index (χ0v) is 35.7. The van der Waals surface area contributed by atoms with Gasteiger partial charge in [0.05, 0.1) is 10.8 Å². The van der Waals surface area contributed by atoms with Gasteiger partial charge in [-0.25, -0.2) is 0 Å². The van der Waals surface area contributed by atoms with E-state index < -0.39 is 0 Å². The molecule has 0 spiro atoms. The summed E-state index contributed by atoms with van der Waals surface area (Å²) in [6.45, 7) is 11.4. The van der Waals surface area contributed by atoms with Crippen LogP contribution in [0.25, 0.3) is 0 Å². The van der Waals surface area contributed by atoms with Gasteiger partial charge in [-0.05, 0) is 171 Å². The zero-order valence-electron chi connectivity index (χ0n) is 35.7. The van der Waals surface area contributed by atoms with Crippen molar-refractivity contribution < 1.29 is 9.59 Å². The summed E-state index contributed by atoms with van der Waals surface area (Å²) in [5.74, 6) is 1.30. The molecule has 6 heteroatoms. The first kappa shape index (κ1) is 38.5. The number of nitrogens with two attached hydrogens (primary N) is 1. The van der Waals surface area contributed by atoms with Crippen molar-refractivity contribution in [3.8, 4) is 0 Å². The lowest BCUT2D eigenvalue weighted by Crippen LogP contribution is -2.67. The summed E-state index contributed by atoms with van der Waals surface area (Å²) in [6, 6.07) is 22.2. The van der Waals surface area contributed by atoms with Crippen LogP contribution in [0.3, 0.4) is 0 Å². The van der Waals surface area contributed by atoms with Crippen molar-refractivity contribution in [2.75, 3.05) is 13.1 Å². The van der Waals surface area contributed by atoms with Crippen LogP contribution in [0, 0.1) is 33.0 Å². The summed E-state index contributed by atoms with van der Waals surface area (Å²) in [6.07, 6.45) is 20.6. The van der Waals surface area contributed by atoms with E-state index in [1.165, 1.54) is 55.2 Å². The summed E-state index contributed by atoms with van der Waals surface area (Å²) in [4.78, 5) is 29.8. The molecule has 10 aliphatic rings. The zero-order chi connectivity index (χ0) is 39.5. The molecule has 57 heavy (non-hydrogen) atoms. The summed E-state index contributed by atoms with van der Waals surface area (Å²) < 4.78 is 0. The minimum Gasteiger partial charge on any atom is -0.353 e. The second-order valence-electron chi connectivity index (χ2n) is 23.2. The Morgan fingerprint density at radius 1 is 0.632 bits per heavy atom. The normalized spacial score (nSPS) is 45.1. The molecule has 9 aliphatic carbocycles. The number of hydrogen-bond donors (Lipinski definition) is 4. The molecule has 1 aliphatic heterocycles. The number of rotatable bonds is 9. The molecule has 0 aromatic heterocycles. The average Bonchev–Trinajstić information content (AvgIpc) is 3.19. The Labute approximate surface area is 343 Å². The Balaban J connectivity index is 0.996. The molecule has 1 saturated heterocycles. The van der Waals surface area contributed by atoms with E-state index in [4.69, 9.17) is 5.73 Å². The maximum Gasteiger partial charge on any atom is 0.226 e. The van der Waals surface area contributed by atoms with E-state index in [0.717, 1.165) is 96.6 Å². The van der Waals surface area contributed by atoms with E-state index in [0.29, 0.717) is 17.7 Å². The molecule has 10 fully saturated rings. The molecule has 5 unspecified atom stereocenters. The van der Waals surface area contributed by atoms with Crippen LogP contribution in [0.4, 0.5) is 0 Å². The highest BCUT2D eigenvalue weighted by molar-refractivity contribution is 5.85. The van der Waals surface area contributed by atoms with Gasteiger partial charge in [0, 0.05) is 24.7 Å². The van der Waals surface area contributed by atoms with Gasteiger partial charge in [-0.3, -0.25) is 9.59 Å². The molecule has 2 amide bonds. The molecule has 2 aromatic rings. The van der Waals surface area contributed by atoms with E-state index in [-0.39, 0.29) is 61.4 Å². The Hall–Kier alpha value is -2.70. The van der Waals surface area contributed by atoms with Crippen molar-refractivity contribution in [2.24, 2.45) is 38.7 Å². The van der Waals surface area contributed by atoms with Gasteiger partial charge < -0.3 is 21.7 Å². The Bertz CT molecular complexity index is 1890. The first-order valence-electron chi connectivity index (χ1n) is 23.5. The van der Waals surface area contributed by atoms with E-state index >= 15 is 0 Å². The van der Waals surface area contributed by atoms with Crippen molar-refractivity contribution in [2.45, 2.75) is 184 Å². The number of carbonyl (C=O) groups is 2. The van der Waals surface area contributed by atoms with Gasteiger partial charge in [-0.1, -0.05) is 95.1 Å². The molecule has 1 heterocycles. The van der Waals surface area contributed by atoms with Gasteiger partial charge in [0.15, 0.2) is 0 Å². The molecule has 9 saturated carbocycles. The lowest BCUT2D eigenvalue weighted by atomic mass is 9.33. The first-order chi connectivity index (χ1) is 27.2. The minimum atomic E-state index is -0.366. The maximum atomic E-state index is 15.0. The molecule has 2 aromatic carbocycles. The monoisotopic (exact) mass is 773 g/mol. The van der Waals surface area contributed by atoms with Crippen LogP contribution in [-0.2, 0) is 25.8 Å². The summed E-state index contributed by atoms with van der Waals surface area (Å²) in [5, 5.41) is 11.0. The van der Waals surface area contributed by atoms with Crippen LogP contribution < -0.4 is 21.7 Å². The van der Waals surface area contributed by atoms with Crippen molar-refractivity contribution in [3.05, 3.63) is 71.3 Å². The Morgan fingerprint density at radius 2 is 1.21 bits per heavy atom. The molecule has 8 bridgehead atoms. The predicted octanol–water partition coefficient (Wildman–Crippen LogP) is 9.14. The molecule has 0 radical (unpaired) electrons. The van der Waals surface area contributed by atoms with Crippen LogP contribution in [0.2, 0.25) is 0 Å². The average molecular weight is 773 g/mol. The third-order valence-electron chi connectivity index (χ3n) is 18.9. The van der Waals surface area contributed by atoms with Gasteiger partial charge in [-0.2, -0.15) is 0 Å².